The Morgan fingerprint density at radius 3 is 2.33 bits per heavy atom. The summed E-state index contributed by atoms with van der Waals surface area (Å²) in [5.74, 6) is 2.46. The third kappa shape index (κ3) is 3.69. The Kier molecular flexibility index (Phi) is 5.48. The van der Waals surface area contributed by atoms with Crippen LogP contribution >= 0.6 is 0 Å². The van der Waals surface area contributed by atoms with Gasteiger partial charge >= 0.3 is 0 Å². The van der Waals surface area contributed by atoms with Gasteiger partial charge in [0.05, 0.1) is 14.2 Å². The van der Waals surface area contributed by atoms with Crippen molar-refractivity contribution < 1.29 is 9.47 Å². The van der Waals surface area contributed by atoms with Crippen LogP contribution in [0.1, 0.15) is 38.3 Å². The highest BCUT2D eigenvalue weighted by molar-refractivity contribution is 5.42. The minimum absolute atomic E-state index is 0.300. The van der Waals surface area contributed by atoms with Gasteiger partial charge in [0.1, 0.15) is 11.5 Å². The lowest BCUT2D eigenvalue weighted by Crippen LogP contribution is -2.40. The number of hydrogen-bond donors (Lipinski definition) is 1. The molecular weight excluding hydrogens is 264 g/mol. The lowest BCUT2D eigenvalue weighted by Gasteiger charge is -2.37. The Hall–Kier alpha value is -1.26. The lowest BCUT2D eigenvalue weighted by molar-refractivity contribution is 0.131. The smallest absolute Gasteiger partial charge is 0.123 e. The number of piperidine rings is 1. The van der Waals surface area contributed by atoms with Gasteiger partial charge in [-0.2, -0.15) is 0 Å². The van der Waals surface area contributed by atoms with Crippen LogP contribution in [0.2, 0.25) is 0 Å². The van der Waals surface area contributed by atoms with Gasteiger partial charge < -0.3 is 15.2 Å². The predicted molar refractivity (Wildman–Crippen MR) is 85.9 cm³/mol. The molecular formula is C17H28N2O2. The normalized spacial score (nSPS) is 20.0. The van der Waals surface area contributed by atoms with Crippen molar-refractivity contribution in [2.75, 3.05) is 27.3 Å². The van der Waals surface area contributed by atoms with Crippen LogP contribution in [0.25, 0.3) is 0 Å². The quantitative estimate of drug-likeness (QED) is 0.906. The molecule has 0 amide bonds. The molecule has 4 nitrogen and oxygen atoms in total. The minimum Gasteiger partial charge on any atom is -0.497 e. The van der Waals surface area contributed by atoms with E-state index in [1.165, 1.54) is 18.4 Å². The summed E-state index contributed by atoms with van der Waals surface area (Å²) < 4.78 is 10.9. The summed E-state index contributed by atoms with van der Waals surface area (Å²) in [6, 6.07) is 6.63. The maximum absolute atomic E-state index is 6.03. The van der Waals surface area contributed by atoms with Crippen molar-refractivity contribution in [3.05, 3.63) is 23.8 Å². The molecule has 0 aliphatic carbocycles. The molecule has 2 unspecified atom stereocenters. The van der Waals surface area contributed by atoms with E-state index in [1.54, 1.807) is 14.2 Å². The third-order valence-electron chi connectivity index (χ3n) is 4.75. The molecule has 0 saturated carbocycles. The first-order valence-corrected chi connectivity index (χ1v) is 7.78. The summed E-state index contributed by atoms with van der Waals surface area (Å²) in [7, 11) is 3.42. The number of methoxy groups -OCH3 is 2. The Morgan fingerprint density at radius 2 is 1.81 bits per heavy atom. The minimum atomic E-state index is 0.300. The van der Waals surface area contributed by atoms with E-state index < -0.39 is 0 Å². The van der Waals surface area contributed by atoms with Crippen LogP contribution in [0.3, 0.4) is 0 Å². The third-order valence-corrected chi connectivity index (χ3v) is 4.75. The van der Waals surface area contributed by atoms with Gasteiger partial charge in [-0.05, 0) is 63.9 Å². The van der Waals surface area contributed by atoms with Crippen LogP contribution in [-0.2, 0) is 0 Å². The van der Waals surface area contributed by atoms with E-state index in [9.17, 15) is 0 Å². The Labute approximate surface area is 128 Å². The monoisotopic (exact) mass is 292 g/mol. The zero-order valence-corrected chi connectivity index (χ0v) is 13.6. The van der Waals surface area contributed by atoms with Crippen LogP contribution < -0.4 is 15.2 Å². The van der Waals surface area contributed by atoms with Gasteiger partial charge in [-0.3, -0.25) is 4.90 Å². The Bertz CT molecular complexity index is 454. The summed E-state index contributed by atoms with van der Waals surface area (Å²) >= 11 is 0. The summed E-state index contributed by atoms with van der Waals surface area (Å²) in [5.41, 5.74) is 7.22. The molecule has 0 aromatic heterocycles. The summed E-state index contributed by atoms with van der Waals surface area (Å²) in [6.07, 6.45) is 2.35. The molecule has 0 radical (unpaired) electrons. The van der Waals surface area contributed by atoms with Crippen LogP contribution in [0.15, 0.2) is 18.2 Å². The second kappa shape index (κ2) is 7.14. The lowest BCUT2D eigenvalue weighted by atomic mass is 9.89. The van der Waals surface area contributed by atoms with Gasteiger partial charge in [-0.1, -0.05) is 0 Å². The van der Waals surface area contributed by atoms with Crippen molar-refractivity contribution in [2.24, 2.45) is 11.7 Å². The molecule has 1 aliphatic heterocycles. The zero-order valence-electron chi connectivity index (χ0n) is 13.6. The standard InChI is InChI=1S/C17H28N2O2/c1-12(18)14-7-9-19(10-8-14)13(2)16-11-15(20-3)5-6-17(16)21-4/h5-6,11-14H,7-10,18H2,1-4H3. The van der Waals surface area contributed by atoms with E-state index >= 15 is 0 Å². The summed E-state index contributed by atoms with van der Waals surface area (Å²) in [5, 5.41) is 0. The van der Waals surface area contributed by atoms with E-state index in [1.807, 2.05) is 12.1 Å². The Morgan fingerprint density at radius 1 is 1.14 bits per heavy atom. The van der Waals surface area contributed by atoms with Crippen LogP contribution in [0.4, 0.5) is 0 Å². The molecule has 1 saturated heterocycles. The summed E-state index contributed by atoms with van der Waals surface area (Å²) in [6.45, 7) is 6.54. The highest BCUT2D eigenvalue weighted by atomic mass is 16.5. The largest absolute Gasteiger partial charge is 0.497 e. The van der Waals surface area contributed by atoms with Gasteiger partial charge in [0.2, 0.25) is 0 Å². The van der Waals surface area contributed by atoms with E-state index in [4.69, 9.17) is 15.2 Å². The molecule has 4 heteroatoms. The number of likely N-dealkylation sites (tertiary alicyclic amines) is 1. The first-order valence-electron chi connectivity index (χ1n) is 7.78. The van der Waals surface area contributed by atoms with Crippen molar-refractivity contribution in [1.82, 2.24) is 4.90 Å². The molecule has 2 N–H and O–H groups in total. The second-order valence-electron chi connectivity index (χ2n) is 6.02. The number of ether oxygens (including phenoxy) is 2. The van der Waals surface area contributed by atoms with Crippen molar-refractivity contribution >= 4 is 0 Å². The first-order chi connectivity index (χ1) is 10.1. The fraction of sp³-hybridized carbons (Fsp3) is 0.647. The molecule has 1 aromatic carbocycles. The number of nitrogens with zero attached hydrogens (tertiary/aromatic N) is 1. The summed E-state index contributed by atoms with van der Waals surface area (Å²) in [4.78, 5) is 2.51. The van der Waals surface area contributed by atoms with Gasteiger partial charge in [0.15, 0.2) is 0 Å². The second-order valence-corrected chi connectivity index (χ2v) is 6.02. The van der Waals surface area contributed by atoms with Gasteiger partial charge in [0, 0.05) is 17.6 Å². The molecule has 1 aromatic rings. The molecule has 1 fully saturated rings. The van der Waals surface area contributed by atoms with Crippen LogP contribution in [0, 0.1) is 5.92 Å². The topological polar surface area (TPSA) is 47.7 Å². The molecule has 0 bridgehead atoms. The number of rotatable bonds is 5. The van der Waals surface area contributed by atoms with Gasteiger partial charge in [0.25, 0.3) is 0 Å². The Balaban J connectivity index is 2.11. The molecule has 1 aliphatic rings. The van der Waals surface area contributed by atoms with E-state index in [2.05, 4.69) is 24.8 Å². The number of nitrogens with two attached hydrogens (primary N) is 1. The van der Waals surface area contributed by atoms with E-state index in [0.29, 0.717) is 18.0 Å². The maximum atomic E-state index is 6.03. The fourth-order valence-electron chi connectivity index (χ4n) is 3.20. The molecule has 2 rings (SSSR count). The fourth-order valence-corrected chi connectivity index (χ4v) is 3.20. The maximum Gasteiger partial charge on any atom is 0.123 e. The van der Waals surface area contributed by atoms with Gasteiger partial charge in [-0.15, -0.1) is 0 Å². The number of hydrogen-bond acceptors (Lipinski definition) is 4. The predicted octanol–water partition coefficient (Wildman–Crippen LogP) is 2.82. The van der Waals surface area contributed by atoms with E-state index in [0.717, 1.165) is 24.6 Å². The first kappa shape index (κ1) is 16.1. The van der Waals surface area contributed by atoms with E-state index in [-0.39, 0.29) is 0 Å². The average molecular weight is 292 g/mol. The molecule has 0 spiro atoms. The van der Waals surface area contributed by atoms with Gasteiger partial charge in [-0.25, -0.2) is 0 Å². The highest BCUT2D eigenvalue weighted by Crippen LogP contribution is 2.34. The van der Waals surface area contributed by atoms with Crippen molar-refractivity contribution in [3.8, 4) is 11.5 Å². The van der Waals surface area contributed by atoms with Crippen molar-refractivity contribution in [3.63, 3.8) is 0 Å². The van der Waals surface area contributed by atoms with Crippen molar-refractivity contribution in [1.29, 1.82) is 0 Å². The highest BCUT2D eigenvalue weighted by Gasteiger charge is 2.26. The van der Waals surface area contributed by atoms with Crippen LogP contribution in [-0.4, -0.2) is 38.3 Å². The number of benzene rings is 1. The zero-order chi connectivity index (χ0) is 15.4. The molecule has 118 valence electrons. The SMILES string of the molecule is COc1ccc(OC)c(C(C)N2CCC(C(C)N)CC2)c1. The molecule has 1 heterocycles. The molecule has 2 atom stereocenters. The van der Waals surface area contributed by atoms with Crippen molar-refractivity contribution in [2.45, 2.75) is 38.8 Å². The molecule has 21 heavy (non-hydrogen) atoms. The average Bonchev–Trinajstić information content (AvgIpc) is 2.53. The van der Waals surface area contributed by atoms with Crippen LogP contribution in [0.5, 0.6) is 11.5 Å².